The van der Waals surface area contributed by atoms with Crippen LogP contribution in [0.4, 0.5) is 11.6 Å². The number of anilines is 2. The van der Waals surface area contributed by atoms with E-state index in [1.165, 1.54) is 11.1 Å². The number of nitrogens with zero attached hydrogens (tertiary/aromatic N) is 3. The molecule has 194 valence electrons. The molecule has 0 spiro atoms. The van der Waals surface area contributed by atoms with Gasteiger partial charge in [-0.15, -0.1) is 5.10 Å². The number of carbonyl (C=O) groups is 1. The lowest BCUT2D eigenvalue weighted by Gasteiger charge is -2.29. The molecule has 4 aromatic rings. The number of thioether (sulfide) groups is 1. The highest BCUT2D eigenvalue weighted by Gasteiger charge is 2.34. The molecule has 38 heavy (non-hydrogen) atoms. The largest absolute Gasteiger partial charge is 0.497 e. The van der Waals surface area contributed by atoms with Gasteiger partial charge in [-0.3, -0.25) is 4.79 Å². The Morgan fingerprint density at radius 3 is 2.55 bits per heavy atom. The predicted molar refractivity (Wildman–Crippen MR) is 150 cm³/mol. The van der Waals surface area contributed by atoms with Crippen LogP contribution in [0.15, 0.2) is 89.2 Å². The highest BCUT2D eigenvalue weighted by Crippen LogP contribution is 2.38. The van der Waals surface area contributed by atoms with Crippen LogP contribution in [0, 0.1) is 6.92 Å². The molecular weight excluding hydrogens is 498 g/mol. The number of benzene rings is 3. The van der Waals surface area contributed by atoms with E-state index >= 15 is 0 Å². The Balaban J connectivity index is 1.50. The first-order valence-electron chi connectivity index (χ1n) is 12.2. The van der Waals surface area contributed by atoms with Gasteiger partial charge in [-0.25, -0.2) is 4.68 Å². The maximum Gasteiger partial charge on any atom is 0.255 e. The van der Waals surface area contributed by atoms with E-state index in [4.69, 9.17) is 19.6 Å². The second-order valence-electron chi connectivity index (χ2n) is 8.93. The summed E-state index contributed by atoms with van der Waals surface area (Å²) in [5, 5.41) is 11.8. The minimum absolute atomic E-state index is 0.254. The number of nitrogens with one attached hydrogen (secondary N) is 2. The van der Waals surface area contributed by atoms with Gasteiger partial charge in [-0.2, -0.15) is 4.98 Å². The van der Waals surface area contributed by atoms with Crippen molar-refractivity contribution < 1.29 is 14.3 Å². The van der Waals surface area contributed by atoms with Crippen LogP contribution in [0.2, 0.25) is 0 Å². The molecule has 2 N–H and O–H groups in total. The molecule has 9 heteroatoms. The van der Waals surface area contributed by atoms with Gasteiger partial charge >= 0.3 is 0 Å². The molecule has 0 saturated heterocycles. The Labute approximate surface area is 226 Å². The van der Waals surface area contributed by atoms with E-state index in [9.17, 15) is 4.79 Å². The van der Waals surface area contributed by atoms with Crippen LogP contribution in [-0.2, 0) is 10.5 Å². The third kappa shape index (κ3) is 5.24. The summed E-state index contributed by atoms with van der Waals surface area (Å²) >= 11 is 1.56. The summed E-state index contributed by atoms with van der Waals surface area (Å²) in [4.78, 5) is 18.5. The summed E-state index contributed by atoms with van der Waals surface area (Å²) in [6.45, 7) is 3.96. The van der Waals surface area contributed by atoms with Crippen molar-refractivity contribution in [2.24, 2.45) is 0 Å². The predicted octanol–water partition coefficient (Wildman–Crippen LogP) is 5.82. The molecule has 2 heterocycles. The maximum absolute atomic E-state index is 13.8. The van der Waals surface area contributed by atoms with Crippen molar-refractivity contribution >= 4 is 29.3 Å². The quantitative estimate of drug-likeness (QED) is 0.279. The molecule has 5 rings (SSSR count). The fourth-order valence-electron chi connectivity index (χ4n) is 4.47. The number of rotatable bonds is 8. The summed E-state index contributed by atoms with van der Waals surface area (Å²) < 4.78 is 12.6. The first kappa shape index (κ1) is 25.4. The number of aromatic nitrogens is 3. The van der Waals surface area contributed by atoms with Crippen molar-refractivity contribution in [3.8, 4) is 11.5 Å². The SMILES string of the molecule is COc1ccc([C@@H]2C(C(=O)Nc3ccccc3OC)=C(C)Nc3nc(SCc4cccc(C)c4)nn32)cc1. The third-order valence-electron chi connectivity index (χ3n) is 6.31. The van der Waals surface area contributed by atoms with Crippen LogP contribution >= 0.6 is 11.8 Å². The molecule has 0 bridgehead atoms. The van der Waals surface area contributed by atoms with Gasteiger partial charge in [0.15, 0.2) is 0 Å². The lowest BCUT2D eigenvalue weighted by atomic mass is 9.95. The molecule has 1 aliphatic heterocycles. The normalized spacial score (nSPS) is 14.5. The molecule has 0 aliphatic carbocycles. The molecule has 1 atom stereocenters. The van der Waals surface area contributed by atoms with Gasteiger partial charge in [-0.1, -0.05) is 65.9 Å². The first-order valence-corrected chi connectivity index (χ1v) is 13.2. The van der Waals surface area contributed by atoms with Gasteiger partial charge in [0, 0.05) is 11.4 Å². The number of methoxy groups -OCH3 is 2. The highest BCUT2D eigenvalue weighted by atomic mass is 32.2. The molecule has 0 saturated carbocycles. The summed E-state index contributed by atoms with van der Waals surface area (Å²) in [6.07, 6.45) is 0. The fourth-order valence-corrected chi connectivity index (χ4v) is 5.24. The average Bonchev–Trinajstić information content (AvgIpc) is 3.34. The Morgan fingerprint density at radius 1 is 1.03 bits per heavy atom. The standard InChI is InChI=1S/C29H29N5O3S/c1-18-8-7-9-20(16-18)17-38-29-32-28-30-19(2)25(27(35)31-23-10-5-6-11-24(23)37-4)26(34(28)33-29)21-12-14-22(36-3)15-13-21/h5-16,26H,17H2,1-4H3,(H,31,35)(H,30,32,33)/t26-/m1/s1. The second-order valence-corrected chi connectivity index (χ2v) is 9.88. The first-order chi connectivity index (χ1) is 18.5. The van der Waals surface area contributed by atoms with Gasteiger partial charge in [0.05, 0.1) is 25.5 Å². The van der Waals surface area contributed by atoms with E-state index in [1.54, 1.807) is 30.7 Å². The molecule has 0 fully saturated rings. The maximum atomic E-state index is 13.8. The molecule has 0 radical (unpaired) electrons. The second kappa shape index (κ2) is 11.0. The van der Waals surface area contributed by atoms with Gasteiger partial charge in [0.2, 0.25) is 11.1 Å². The zero-order valence-electron chi connectivity index (χ0n) is 21.7. The molecule has 0 unspecified atom stereocenters. The highest BCUT2D eigenvalue weighted by molar-refractivity contribution is 7.98. The van der Waals surface area contributed by atoms with Crippen LogP contribution < -0.4 is 20.1 Å². The smallest absolute Gasteiger partial charge is 0.255 e. The molecule has 1 amide bonds. The summed E-state index contributed by atoms with van der Waals surface area (Å²) in [6, 6.07) is 22.9. The number of allylic oxidation sites excluding steroid dienone is 1. The van der Waals surface area contributed by atoms with Crippen molar-refractivity contribution in [2.45, 2.75) is 30.8 Å². The van der Waals surface area contributed by atoms with Crippen LogP contribution in [0.1, 0.15) is 29.7 Å². The Morgan fingerprint density at radius 2 is 1.82 bits per heavy atom. The van der Waals surface area contributed by atoms with Crippen molar-refractivity contribution in [1.82, 2.24) is 14.8 Å². The van der Waals surface area contributed by atoms with Crippen LogP contribution in [0.5, 0.6) is 11.5 Å². The minimum atomic E-state index is -0.493. The number of amides is 1. The van der Waals surface area contributed by atoms with E-state index in [-0.39, 0.29) is 5.91 Å². The minimum Gasteiger partial charge on any atom is -0.497 e. The van der Waals surface area contributed by atoms with Crippen LogP contribution in [0.25, 0.3) is 0 Å². The van der Waals surface area contributed by atoms with Gasteiger partial charge in [0.25, 0.3) is 5.91 Å². The zero-order chi connectivity index (χ0) is 26.6. The number of aryl methyl sites for hydroxylation is 1. The van der Waals surface area contributed by atoms with Crippen LogP contribution in [-0.4, -0.2) is 34.9 Å². The van der Waals surface area contributed by atoms with E-state index < -0.39 is 6.04 Å². The van der Waals surface area contributed by atoms with E-state index in [1.807, 2.05) is 55.5 Å². The van der Waals surface area contributed by atoms with Crippen LogP contribution in [0.3, 0.4) is 0 Å². The summed E-state index contributed by atoms with van der Waals surface area (Å²) in [5.41, 5.74) is 5.13. The number of hydrogen-bond donors (Lipinski definition) is 2. The Bertz CT molecular complexity index is 1500. The number of hydrogen-bond acceptors (Lipinski definition) is 7. The van der Waals surface area contributed by atoms with Crippen molar-refractivity contribution in [3.63, 3.8) is 0 Å². The van der Waals surface area contributed by atoms with Crippen molar-refractivity contribution in [2.75, 3.05) is 24.9 Å². The monoisotopic (exact) mass is 527 g/mol. The van der Waals surface area contributed by atoms with Gasteiger partial charge in [-0.05, 0) is 49.2 Å². The number of carbonyl (C=O) groups excluding carboxylic acids is 1. The third-order valence-corrected chi connectivity index (χ3v) is 7.22. The number of para-hydroxylation sites is 2. The number of ether oxygens (including phenoxy) is 2. The molecule has 8 nitrogen and oxygen atoms in total. The topological polar surface area (TPSA) is 90.3 Å². The van der Waals surface area contributed by atoms with Crippen molar-refractivity contribution in [3.05, 3.63) is 101 Å². The fraction of sp³-hybridized carbons (Fsp3) is 0.207. The lowest BCUT2D eigenvalue weighted by Crippen LogP contribution is -2.31. The van der Waals surface area contributed by atoms with E-state index in [0.29, 0.717) is 33.8 Å². The van der Waals surface area contributed by atoms with E-state index in [2.05, 4.69) is 41.8 Å². The lowest BCUT2D eigenvalue weighted by molar-refractivity contribution is -0.113. The Kier molecular flexibility index (Phi) is 7.37. The molecule has 1 aliphatic rings. The molecule has 1 aromatic heterocycles. The molecule has 3 aromatic carbocycles. The van der Waals surface area contributed by atoms with Gasteiger partial charge < -0.3 is 20.1 Å². The van der Waals surface area contributed by atoms with Gasteiger partial charge in [0.1, 0.15) is 17.5 Å². The Hall–Kier alpha value is -4.24. The zero-order valence-corrected chi connectivity index (χ0v) is 22.5. The summed E-state index contributed by atoms with van der Waals surface area (Å²) in [5.74, 6) is 2.39. The van der Waals surface area contributed by atoms with E-state index in [0.717, 1.165) is 17.1 Å². The molecular formula is C29H29N5O3S. The summed E-state index contributed by atoms with van der Waals surface area (Å²) in [7, 11) is 3.21. The number of fused-ring (bicyclic) bond motifs is 1. The average molecular weight is 528 g/mol. The van der Waals surface area contributed by atoms with Crippen molar-refractivity contribution in [1.29, 1.82) is 0 Å².